The molecule has 1 aliphatic heterocycles. The molecule has 1 N–H and O–H groups in total. The molecule has 27 heavy (non-hydrogen) atoms. The van der Waals surface area contributed by atoms with Crippen molar-refractivity contribution in [1.29, 1.82) is 0 Å². The minimum atomic E-state index is -0.801. The van der Waals surface area contributed by atoms with Crippen LogP contribution in [0.1, 0.15) is 46.5 Å². The van der Waals surface area contributed by atoms with Crippen molar-refractivity contribution in [2.24, 2.45) is 0 Å². The second-order valence-electron chi connectivity index (χ2n) is 7.09. The van der Waals surface area contributed by atoms with Gasteiger partial charge in [0, 0.05) is 19.1 Å². The predicted octanol–water partition coefficient (Wildman–Crippen LogP) is 2.94. The van der Waals surface area contributed by atoms with E-state index in [0.29, 0.717) is 17.7 Å². The highest BCUT2D eigenvalue weighted by molar-refractivity contribution is 6.21. The Balaban J connectivity index is 1.67. The van der Waals surface area contributed by atoms with E-state index >= 15 is 0 Å². The molecule has 1 aliphatic rings. The average Bonchev–Trinajstić information content (AvgIpc) is 2.93. The number of amides is 2. The van der Waals surface area contributed by atoms with Crippen molar-refractivity contribution in [3.05, 3.63) is 71.3 Å². The van der Waals surface area contributed by atoms with Gasteiger partial charge in [-0.2, -0.15) is 0 Å². The zero-order chi connectivity index (χ0) is 19.4. The number of aliphatic hydroxyl groups is 1. The van der Waals surface area contributed by atoms with Gasteiger partial charge in [0.1, 0.15) is 0 Å². The third kappa shape index (κ3) is 4.26. The van der Waals surface area contributed by atoms with Crippen molar-refractivity contribution in [3.63, 3.8) is 0 Å². The quantitative estimate of drug-likeness (QED) is 0.730. The molecule has 2 aromatic carbocycles. The van der Waals surface area contributed by atoms with Gasteiger partial charge >= 0.3 is 0 Å². The Morgan fingerprint density at radius 2 is 1.52 bits per heavy atom. The maximum Gasteiger partial charge on any atom is 0.261 e. The fraction of sp³-hybridized carbons (Fsp3) is 0.364. The lowest BCUT2D eigenvalue weighted by Crippen LogP contribution is -2.44. The number of hydrogen-bond acceptors (Lipinski definition) is 4. The van der Waals surface area contributed by atoms with E-state index in [1.54, 1.807) is 24.3 Å². The van der Waals surface area contributed by atoms with E-state index in [2.05, 4.69) is 30.9 Å². The van der Waals surface area contributed by atoms with Crippen molar-refractivity contribution in [2.45, 2.75) is 39.0 Å². The van der Waals surface area contributed by atoms with Gasteiger partial charge in [-0.25, -0.2) is 0 Å². The number of rotatable bonds is 8. The normalized spacial score (nSPS) is 15.9. The average molecular weight is 366 g/mol. The highest BCUT2D eigenvalue weighted by Crippen LogP contribution is 2.23. The van der Waals surface area contributed by atoms with Crippen molar-refractivity contribution in [1.82, 2.24) is 9.80 Å². The molecular weight excluding hydrogens is 340 g/mol. The molecule has 0 aromatic heterocycles. The van der Waals surface area contributed by atoms with Crippen LogP contribution in [-0.4, -0.2) is 52.0 Å². The second kappa shape index (κ2) is 8.46. The first-order chi connectivity index (χ1) is 13.0. The summed E-state index contributed by atoms with van der Waals surface area (Å²) in [5, 5.41) is 10.6. The molecular formula is C22H26N2O3. The van der Waals surface area contributed by atoms with Crippen LogP contribution in [-0.2, 0) is 6.54 Å². The molecule has 0 bridgehead atoms. The maximum atomic E-state index is 12.5. The van der Waals surface area contributed by atoms with E-state index in [1.807, 2.05) is 18.2 Å². The third-order valence-corrected chi connectivity index (χ3v) is 5.16. The molecule has 0 radical (unpaired) electrons. The third-order valence-electron chi connectivity index (χ3n) is 5.16. The van der Waals surface area contributed by atoms with Crippen molar-refractivity contribution in [3.8, 4) is 0 Å². The molecule has 0 saturated heterocycles. The Morgan fingerprint density at radius 1 is 0.963 bits per heavy atom. The van der Waals surface area contributed by atoms with Crippen LogP contribution in [0.15, 0.2) is 54.6 Å². The van der Waals surface area contributed by atoms with Gasteiger partial charge < -0.3 is 5.11 Å². The van der Waals surface area contributed by atoms with E-state index in [0.717, 1.165) is 17.9 Å². The monoisotopic (exact) mass is 366 g/mol. The van der Waals surface area contributed by atoms with Crippen LogP contribution >= 0.6 is 0 Å². The molecule has 1 unspecified atom stereocenters. The van der Waals surface area contributed by atoms with Crippen molar-refractivity contribution in [2.75, 3.05) is 13.1 Å². The zero-order valence-corrected chi connectivity index (χ0v) is 15.8. The summed E-state index contributed by atoms with van der Waals surface area (Å²) in [5.41, 5.74) is 2.00. The molecule has 142 valence electrons. The lowest BCUT2D eigenvalue weighted by atomic mass is 10.1. The first kappa shape index (κ1) is 19.3. The minimum absolute atomic E-state index is 0.00801. The van der Waals surface area contributed by atoms with Crippen LogP contribution in [0.25, 0.3) is 0 Å². The Bertz CT molecular complexity index is 771. The molecule has 2 atom stereocenters. The summed E-state index contributed by atoms with van der Waals surface area (Å²) in [7, 11) is 0. The van der Waals surface area contributed by atoms with E-state index in [9.17, 15) is 14.7 Å². The van der Waals surface area contributed by atoms with Gasteiger partial charge in [-0.1, -0.05) is 49.4 Å². The van der Waals surface area contributed by atoms with E-state index in [1.165, 1.54) is 5.56 Å². The summed E-state index contributed by atoms with van der Waals surface area (Å²) < 4.78 is 0. The molecule has 5 heteroatoms. The number of hydrogen-bond donors (Lipinski definition) is 1. The van der Waals surface area contributed by atoms with Crippen LogP contribution < -0.4 is 0 Å². The molecule has 5 nitrogen and oxygen atoms in total. The SMILES string of the molecule is CCC(C)N(Cc1ccccc1)C[C@H](O)CN1C(=O)c2ccccc2C1=O. The number of aliphatic hydroxyl groups excluding tert-OH is 1. The van der Waals surface area contributed by atoms with Gasteiger partial charge in [-0.15, -0.1) is 0 Å². The van der Waals surface area contributed by atoms with Gasteiger partial charge in [0.15, 0.2) is 0 Å². The van der Waals surface area contributed by atoms with E-state index in [-0.39, 0.29) is 24.4 Å². The van der Waals surface area contributed by atoms with E-state index < -0.39 is 6.10 Å². The Kier molecular flexibility index (Phi) is 6.04. The predicted molar refractivity (Wildman–Crippen MR) is 104 cm³/mol. The number of β-amino-alcohol motifs (C(OH)–C–C–N with tert-alkyl or cyclic N) is 1. The highest BCUT2D eigenvalue weighted by Gasteiger charge is 2.36. The number of benzene rings is 2. The highest BCUT2D eigenvalue weighted by atomic mass is 16.3. The second-order valence-corrected chi connectivity index (χ2v) is 7.09. The van der Waals surface area contributed by atoms with Crippen LogP contribution in [0, 0.1) is 0 Å². The van der Waals surface area contributed by atoms with Gasteiger partial charge in [0.2, 0.25) is 0 Å². The number of carbonyl (C=O) groups excluding carboxylic acids is 2. The first-order valence-corrected chi connectivity index (χ1v) is 9.42. The summed E-state index contributed by atoms with van der Waals surface area (Å²) in [6, 6.07) is 17.2. The molecule has 0 spiro atoms. The summed E-state index contributed by atoms with van der Waals surface area (Å²) in [6.45, 7) is 5.36. The van der Waals surface area contributed by atoms with Crippen LogP contribution in [0.2, 0.25) is 0 Å². The molecule has 0 fully saturated rings. The Hall–Kier alpha value is -2.50. The molecule has 0 saturated carbocycles. The van der Waals surface area contributed by atoms with Crippen molar-refractivity contribution < 1.29 is 14.7 Å². The summed E-state index contributed by atoms with van der Waals surface area (Å²) in [6.07, 6.45) is 0.150. The number of carbonyl (C=O) groups is 2. The Labute approximate surface area is 160 Å². The fourth-order valence-electron chi connectivity index (χ4n) is 3.42. The van der Waals surface area contributed by atoms with Gasteiger partial charge in [0.05, 0.1) is 23.8 Å². The summed E-state index contributed by atoms with van der Waals surface area (Å²) in [4.78, 5) is 28.3. The molecule has 2 aromatic rings. The fourth-order valence-corrected chi connectivity index (χ4v) is 3.42. The van der Waals surface area contributed by atoms with Crippen LogP contribution in [0.4, 0.5) is 0 Å². The molecule has 1 heterocycles. The lowest BCUT2D eigenvalue weighted by Gasteiger charge is -2.31. The first-order valence-electron chi connectivity index (χ1n) is 9.42. The lowest BCUT2D eigenvalue weighted by molar-refractivity contribution is 0.0416. The van der Waals surface area contributed by atoms with E-state index in [4.69, 9.17) is 0 Å². The topological polar surface area (TPSA) is 60.9 Å². The molecule has 2 amide bonds. The molecule has 3 rings (SSSR count). The summed E-state index contributed by atoms with van der Waals surface area (Å²) in [5.74, 6) is -0.652. The number of fused-ring (bicyclic) bond motifs is 1. The number of nitrogens with zero attached hydrogens (tertiary/aromatic N) is 2. The number of imide groups is 1. The molecule has 0 aliphatic carbocycles. The van der Waals surface area contributed by atoms with Gasteiger partial charge in [-0.05, 0) is 31.0 Å². The Morgan fingerprint density at radius 3 is 2.07 bits per heavy atom. The maximum absolute atomic E-state index is 12.5. The van der Waals surface area contributed by atoms with Crippen LogP contribution in [0.3, 0.4) is 0 Å². The zero-order valence-electron chi connectivity index (χ0n) is 15.8. The minimum Gasteiger partial charge on any atom is -0.390 e. The van der Waals surface area contributed by atoms with Gasteiger partial charge in [0.25, 0.3) is 11.8 Å². The smallest absolute Gasteiger partial charge is 0.261 e. The largest absolute Gasteiger partial charge is 0.390 e. The standard InChI is InChI=1S/C22H26N2O3/c1-3-16(2)23(13-17-9-5-4-6-10-17)14-18(25)15-24-21(26)19-11-7-8-12-20(19)22(24)27/h4-12,16,18,25H,3,13-15H2,1-2H3/t16?,18-/m0/s1. The van der Waals surface area contributed by atoms with Crippen molar-refractivity contribution >= 4 is 11.8 Å². The summed E-state index contributed by atoms with van der Waals surface area (Å²) >= 11 is 0. The van der Waals surface area contributed by atoms with Gasteiger partial charge in [-0.3, -0.25) is 19.4 Å². The van der Waals surface area contributed by atoms with Crippen LogP contribution in [0.5, 0.6) is 0 Å².